The number of benzene rings is 2. The molecule has 0 saturated carbocycles. The monoisotopic (exact) mass is 390 g/mol. The largest absolute Gasteiger partial charge is 0.508 e. The number of aromatic hydroxyl groups is 1. The van der Waals surface area contributed by atoms with Gasteiger partial charge in [0.1, 0.15) is 11.5 Å². The summed E-state index contributed by atoms with van der Waals surface area (Å²) in [5.74, 6) is 0.689. The van der Waals surface area contributed by atoms with E-state index in [2.05, 4.69) is 6.92 Å². The molecule has 2 rings (SSSR count). The second-order valence-corrected chi connectivity index (χ2v) is 6.05. The number of nitrogens with zero attached hydrogens (tertiary/aromatic N) is 2. The molecule has 0 heterocycles. The lowest BCUT2D eigenvalue weighted by molar-refractivity contribution is -0.385. The SMILES string of the molecule is CCCCCCOc1cccc([N+](=O)[O-])c1CC.O=[N+]([O-])c1ccc(O)cc1. The zero-order valence-electron chi connectivity index (χ0n) is 16.2. The Hall–Kier alpha value is -3.16. The number of ether oxygens (including phenoxy) is 1. The van der Waals surface area contributed by atoms with Crippen molar-refractivity contribution in [3.63, 3.8) is 0 Å². The number of nitro benzene ring substituents is 2. The molecule has 0 aliphatic heterocycles. The summed E-state index contributed by atoms with van der Waals surface area (Å²) in [5, 5.41) is 29.7. The van der Waals surface area contributed by atoms with Crippen LogP contribution in [-0.4, -0.2) is 21.6 Å². The van der Waals surface area contributed by atoms with E-state index in [1.54, 1.807) is 6.07 Å². The Kier molecular flexibility index (Phi) is 10.0. The van der Waals surface area contributed by atoms with Crippen molar-refractivity contribution < 1.29 is 19.7 Å². The van der Waals surface area contributed by atoms with Crippen molar-refractivity contribution in [1.82, 2.24) is 0 Å². The molecule has 0 fully saturated rings. The van der Waals surface area contributed by atoms with Crippen molar-refractivity contribution in [1.29, 1.82) is 0 Å². The summed E-state index contributed by atoms with van der Waals surface area (Å²) in [4.78, 5) is 20.1. The van der Waals surface area contributed by atoms with Gasteiger partial charge in [0.25, 0.3) is 11.4 Å². The minimum Gasteiger partial charge on any atom is -0.508 e. The number of hydrogen-bond donors (Lipinski definition) is 1. The van der Waals surface area contributed by atoms with Crippen LogP contribution < -0.4 is 4.74 Å². The molecule has 0 saturated heterocycles. The van der Waals surface area contributed by atoms with Crippen molar-refractivity contribution in [2.24, 2.45) is 0 Å². The highest BCUT2D eigenvalue weighted by molar-refractivity contribution is 5.49. The van der Waals surface area contributed by atoms with Crippen molar-refractivity contribution in [2.75, 3.05) is 6.61 Å². The molecule has 8 heteroatoms. The Morgan fingerprint density at radius 2 is 1.61 bits per heavy atom. The first-order valence-corrected chi connectivity index (χ1v) is 9.23. The first-order chi connectivity index (χ1) is 13.4. The molecule has 0 radical (unpaired) electrons. The Morgan fingerprint density at radius 3 is 2.14 bits per heavy atom. The van der Waals surface area contributed by atoms with Crippen molar-refractivity contribution in [3.8, 4) is 11.5 Å². The van der Waals surface area contributed by atoms with E-state index < -0.39 is 4.92 Å². The summed E-state index contributed by atoms with van der Waals surface area (Å²) in [5.41, 5.74) is 0.833. The zero-order valence-corrected chi connectivity index (χ0v) is 16.2. The van der Waals surface area contributed by atoms with E-state index in [0.717, 1.165) is 12.8 Å². The molecule has 2 aromatic carbocycles. The van der Waals surface area contributed by atoms with Crippen LogP contribution >= 0.6 is 0 Å². The van der Waals surface area contributed by atoms with E-state index in [0.29, 0.717) is 24.3 Å². The summed E-state index contributed by atoms with van der Waals surface area (Å²) < 4.78 is 5.66. The van der Waals surface area contributed by atoms with Crippen LogP contribution in [0.2, 0.25) is 0 Å². The number of unbranched alkanes of at least 4 members (excludes halogenated alkanes) is 3. The molecule has 0 aliphatic rings. The van der Waals surface area contributed by atoms with E-state index >= 15 is 0 Å². The number of hydrogen-bond acceptors (Lipinski definition) is 6. The molecule has 0 spiro atoms. The zero-order chi connectivity index (χ0) is 20.9. The van der Waals surface area contributed by atoms with E-state index in [-0.39, 0.29) is 22.0 Å². The lowest BCUT2D eigenvalue weighted by Gasteiger charge is -2.10. The maximum absolute atomic E-state index is 10.9. The maximum atomic E-state index is 10.9. The minimum atomic E-state index is -0.514. The molecule has 152 valence electrons. The van der Waals surface area contributed by atoms with Gasteiger partial charge in [-0.2, -0.15) is 0 Å². The molecule has 0 atom stereocenters. The summed E-state index contributed by atoms with van der Waals surface area (Å²) in [7, 11) is 0. The second kappa shape index (κ2) is 12.3. The Morgan fingerprint density at radius 1 is 0.929 bits per heavy atom. The average molecular weight is 390 g/mol. The van der Waals surface area contributed by atoms with E-state index in [1.807, 2.05) is 13.0 Å². The quantitative estimate of drug-likeness (QED) is 0.347. The molecule has 1 N–H and O–H groups in total. The standard InChI is InChI=1S/C14H21NO3.C6H5NO3/c1-3-5-6-7-11-18-14-10-8-9-13(15(16)17)12(14)4-2;8-6-3-1-5(2-4-6)7(9)10/h8-10H,3-7,11H2,1-2H3;1-4,8H. The molecule has 0 aromatic heterocycles. The van der Waals surface area contributed by atoms with Crippen molar-refractivity contribution >= 4 is 11.4 Å². The van der Waals surface area contributed by atoms with Gasteiger partial charge in [-0.3, -0.25) is 20.2 Å². The van der Waals surface area contributed by atoms with Crippen LogP contribution in [0.4, 0.5) is 11.4 Å². The predicted molar refractivity (Wildman–Crippen MR) is 107 cm³/mol. The van der Waals surface area contributed by atoms with Gasteiger partial charge in [-0.1, -0.05) is 39.2 Å². The Labute approximate surface area is 164 Å². The molecule has 0 aliphatic carbocycles. The van der Waals surface area contributed by atoms with Crippen LogP contribution in [0.25, 0.3) is 0 Å². The van der Waals surface area contributed by atoms with E-state index in [4.69, 9.17) is 9.84 Å². The number of non-ortho nitro benzene ring substituents is 1. The van der Waals surface area contributed by atoms with Crippen LogP contribution in [0.3, 0.4) is 0 Å². The topological polar surface area (TPSA) is 116 Å². The molecule has 2 aromatic rings. The van der Waals surface area contributed by atoms with Crippen LogP contribution in [0.15, 0.2) is 42.5 Å². The highest BCUT2D eigenvalue weighted by Gasteiger charge is 2.16. The Balaban J connectivity index is 0.000000330. The smallest absolute Gasteiger partial charge is 0.276 e. The molecule has 0 unspecified atom stereocenters. The number of phenolic OH excluding ortho intramolecular Hbond substituents is 1. The predicted octanol–water partition coefficient (Wildman–Crippen LogP) is 5.42. The summed E-state index contributed by atoms with van der Waals surface area (Å²) in [6.07, 6.45) is 5.16. The highest BCUT2D eigenvalue weighted by atomic mass is 16.6. The van der Waals surface area contributed by atoms with E-state index in [1.165, 1.54) is 43.2 Å². The summed E-state index contributed by atoms with van der Waals surface area (Å²) in [6, 6.07) is 10.1. The fourth-order valence-electron chi connectivity index (χ4n) is 2.50. The summed E-state index contributed by atoms with van der Waals surface area (Å²) in [6.45, 7) is 4.71. The number of rotatable bonds is 9. The third-order valence-electron chi connectivity index (χ3n) is 3.97. The van der Waals surface area contributed by atoms with Gasteiger partial charge >= 0.3 is 0 Å². The van der Waals surface area contributed by atoms with Crippen LogP contribution in [0.1, 0.15) is 45.1 Å². The first kappa shape index (κ1) is 22.9. The molecule has 0 bridgehead atoms. The normalized spacial score (nSPS) is 9.93. The van der Waals surface area contributed by atoms with Gasteiger partial charge in [0.2, 0.25) is 0 Å². The lowest BCUT2D eigenvalue weighted by Crippen LogP contribution is -2.02. The molecule has 0 amide bonds. The van der Waals surface area contributed by atoms with Crippen LogP contribution in [0, 0.1) is 20.2 Å². The van der Waals surface area contributed by atoms with Crippen molar-refractivity contribution in [3.05, 3.63) is 68.3 Å². The fourth-order valence-corrected chi connectivity index (χ4v) is 2.50. The van der Waals surface area contributed by atoms with Crippen LogP contribution in [0.5, 0.6) is 11.5 Å². The first-order valence-electron chi connectivity index (χ1n) is 9.23. The maximum Gasteiger partial charge on any atom is 0.276 e. The highest BCUT2D eigenvalue weighted by Crippen LogP contribution is 2.28. The van der Waals surface area contributed by atoms with Gasteiger partial charge in [-0.15, -0.1) is 0 Å². The van der Waals surface area contributed by atoms with Crippen LogP contribution in [-0.2, 0) is 6.42 Å². The summed E-state index contributed by atoms with van der Waals surface area (Å²) >= 11 is 0. The number of phenols is 1. The second-order valence-electron chi connectivity index (χ2n) is 6.05. The van der Waals surface area contributed by atoms with Gasteiger partial charge in [-0.25, -0.2) is 0 Å². The molecule has 28 heavy (non-hydrogen) atoms. The third kappa shape index (κ3) is 7.61. The third-order valence-corrected chi connectivity index (χ3v) is 3.97. The van der Waals surface area contributed by atoms with E-state index in [9.17, 15) is 20.2 Å². The fraction of sp³-hybridized carbons (Fsp3) is 0.400. The number of nitro groups is 2. The molecular formula is C20H26N2O6. The molecule has 8 nitrogen and oxygen atoms in total. The van der Waals surface area contributed by atoms with Gasteiger partial charge in [-0.05, 0) is 31.0 Å². The lowest BCUT2D eigenvalue weighted by atomic mass is 10.1. The van der Waals surface area contributed by atoms with Crippen molar-refractivity contribution in [2.45, 2.75) is 46.0 Å². The van der Waals surface area contributed by atoms with Gasteiger partial charge in [0, 0.05) is 18.2 Å². The Bertz CT molecular complexity index is 762. The minimum absolute atomic E-state index is 0.0159. The van der Waals surface area contributed by atoms with Gasteiger partial charge in [0.15, 0.2) is 0 Å². The average Bonchev–Trinajstić information content (AvgIpc) is 2.68. The van der Waals surface area contributed by atoms with Gasteiger partial charge < -0.3 is 9.84 Å². The molecular weight excluding hydrogens is 364 g/mol. The van der Waals surface area contributed by atoms with Gasteiger partial charge in [0.05, 0.1) is 22.0 Å².